The van der Waals surface area contributed by atoms with Crippen molar-refractivity contribution >= 4 is 27.4 Å². The molecule has 6 nitrogen and oxygen atoms in total. The third-order valence-corrected chi connectivity index (χ3v) is 5.52. The fraction of sp³-hybridized carbons (Fsp3) is 0.214. The molecule has 0 bridgehead atoms. The van der Waals surface area contributed by atoms with Crippen molar-refractivity contribution in [3.8, 4) is 0 Å². The second-order valence-corrected chi connectivity index (χ2v) is 7.71. The fourth-order valence-electron chi connectivity index (χ4n) is 1.79. The zero-order valence-electron chi connectivity index (χ0n) is 12.1. The van der Waals surface area contributed by atoms with Crippen LogP contribution in [0.3, 0.4) is 0 Å². The lowest BCUT2D eigenvalue weighted by Crippen LogP contribution is -2.36. The predicted molar refractivity (Wildman–Crippen MR) is 86.0 cm³/mol. The first-order valence-electron chi connectivity index (χ1n) is 6.72. The molecule has 0 spiro atoms. The van der Waals surface area contributed by atoms with Crippen molar-refractivity contribution in [2.24, 2.45) is 5.14 Å². The Bertz CT molecular complexity index is 773. The SMILES string of the molecule is NS(=O)(=O)c1ccc(CCNC(=O)NCc2ccc(F)cc2)s1. The number of rotatable bonds is 6. The van der Waals surface area contributed by atoms with Crippen LogP contribution in [0.5, 0.6) is 0 Å². The lowest BCUT2D eigenvalue weighted by atomic mass is 10.2. The van der Waals surface area contributed by atoms with Gasteiger partial charge in [0.15, 0.2) is 0 Å². The summed E-state index contributed by atoms with van der Waals surface area (Å²) in [6, 6.07) is 8.61. The highest BCUT2D eigenvalue weighted by Crippen LogP contribution is 2.20. The first kappa shape index (κ1) is 17.4. The number of sulfonamides is 1. The first-order valence-corrected chi connectivity index (χ1v) is 9.08. The van der Waals surface area contributed by atoms with E-state index < -0.39 is 10.0 Å². The molecule has 0 aliphatic carbocycles. The largest absolute Gasteiger partial charge is 0.338 e. The van der Waals surface area contributed by atoms with E-state index in [1.54, 1.807) is 18.2 Å². The van der Waals surface area contributed by atoms with Gasteiger partial charge in [-0.3, -0.25) is 0 Å². The summed E-state index contributed by atoms with van der Waals surface area (Å²) in [5.41, 5.74) is 0.789. The summed E-state index contributed by atoms with van der Waals surface area (Å²) in [4.78, 5) is 12.4. The van der Waals surface area contributed by atoms with E-state index >= 15 is 0 Å². The molecule has 0 aliphatic heterocycles. The molecule has 23 heavy (non-hydrogen) atoms. The van der Waals surface area contributed by atoms with E-state index in [4.69, 9.17) is 5.14 Å². The van der Waals surface area contributed by atoms with Gasteiger partial charge in [0.05, 0.1) is 0 Å². The van der Waals surface area contributed by atoms with Crippen LogP contribution in [-0.2, 0) is 23.0 Å². The molecule has 2 aromatic rings. The Labute approximate surface area is 137 Å². The van der Waals surface area contributed by atoms with Gasteiger partial charge in [0.25, 0.3) is 0 Å². The standard InChI is InChI=1S/C14H16FN3O3S2/c15-11-3-1-10(2-4-11)9-18-14(19)17-8-7-12-5-6-13(22-12)23(16,20)21/h1-6H,7-9H2,(H2,16,20,21)(H2,17,18,19). The van der Waals surface area contributed by atoms with Gasteiger partial charge in [-0.15, -0.1) is 11.3 Å². The highest BCUT2D eigenvalue weighted by atomic mass is 32.2. The van der Waals surface area contributed by atoms with Crippen LogP contribution in [0.1, 0.15) is 10.4 Å². The van der Waals surface area contributed by atoms with Crippen molar-refractivity contribution in [2.45, 2.75) is 17.2 Å². The number of hydrogen-bond donors (Lipinski definition) is 3. The molecule has 0 aliphatic rings. The number of primary sulfonamides is 1. The summed E-state index contributed by atoms with van der Waals surface area (Å²) in [6.07, 6.45) is 0.504. The average molecular weight is 357 g/mol. The number of benzene rings is 1. The Morgan fingerprint density at radius 3 is 2.43 bits per heavy atom. The van der Waals surface area contributed by atoms with Crippen LogP contribution >= 0.6 is 11.3 Å². The number of nitrogens with two attached hydrogens (primary N) is 1. The highest BCUT2D eigenvalue weighted by molar-refractivity contribution is 7.91. The second kappa shape index (κ2) is 7.53. The molecule has 1 aromatic heterocycles. The Morgan fingerprint density at radius 2 is 1.83 bits per heavy atom. The van der Waals surface area contributed by atoms with Gasteiger partial charge in [0.1, 0.15) is 10.0 Å². The molecule has 9 heteroatoms. The third kappa shape index (κ3) is 5.62. The molecule has 2 amide bonds. The van der Waals surface area contributed by atoms with Crippen molar-refractivity contribution in [1.29, 1.82) is 0 Å². The Morgan fingerprint density at radius 1 is 1.13 bits per heavy atom. The smallest absolute Gasteiger partial charge is 0.315 e. The van der Waals surface area contributed by atoms with Gasteiger partial charge in [0, 0.05) is 18.0 Å². The van der Waals surface area contributed by atoms with Crippen LogP contribution in [0.25, 0.3) is 0 Å². The normalized spacial score (nSPS) is 11.2. The summed E-state index contributed by atoms with van der Waals surface area (Å²) in [5.74, 6) is -0.326. The van der Waals surface area contributed by atoms with Crippen LogP contribution in [0.4, 0.5) is 9.18 Å². The number of nitrogens with one attached hydrogen (secondary N) is 2. The minimum Gasteiger partial charge on any atom is -0.338 e. The van der Waals surface area contributed by atoms with Crippen molar-refractivity contribution in [1.82, 2.24) is 10.6 Å². The summed E-state index contributed by atoms with van der Waals surface area (Å²) in [6.45, 7) is 0.653. The molecule has 0 radical (unpaired) electrons. The topological polar surface area (TPSA) is 101 Å². The van der Waals surface area contributed by atoms with Gasteiger partial charge in [-0.1, -0.05) is 12.1 Å². The van der Waals surface area contributed by atoms with E-state index in [0.29, 0.717) is 19.5 Å². The zero-order chi connectivity index (χ0) is 16.9. The van der Waals surface area contributed by atoms with Crippen molar-refractivity contribution in [3.63, 3.8) is 0 Å². The second-order valence-electron chi connectivity index (χ2n) is 4.75. The van der Waals surface area contributed by atoms with Crippen LogP contribution in [-0.4, -0.2) is 21.0 Å². The fourth-order valence-corrected chi connectivity index (χ4v) is 3.57. The van der Waals surface area contributed by atoms with Gasteiger partial charge < -0.3 is 10.6 Å². The molecular weight excluding hydrogens is 341 g/mol. The van der Waals surface area contributed by atoms with E-state index in [-0.39, 0.29) is 16.1 Å². The maximum atomic E-state index is 12.7. The number of hydrogen-bond acceptors (Lipinski definition) is 4. The summed E-state index contributed by atoms with van der Waals surface area (Å²) < 4.78 is 35.2. The van der Waals surface area contributed by atoms with Gasteiger partial charge in [0.2, 0.25) is 10.0 Å². The molecule has 2 rings (SSSR count). The van der Waals surface area contributed by atoms with E-state index in [1.807, 2.05) is 0 Å². The number of thiophene rings is 1. The lowest BCUT2D eigenvalue weighted by Gasteiger charge is -2.07. The predicted octanol–water partition coefficient (Wildman–Crippen LogP) is 1.58. The highest BCUT2D eigenvalue weighted by Gasteiger charge is 2.11. The minimum atomic E-state index is -3.67. The van der Waals surface area contributed by atoms with E-state index in [2.05, 4.69) is 10.6 Å². The van der Waals surface area contributed by atoms with E-state index in [1.165, 1.54) is 18.2 Å². The number of urea groups is 1. The van der Waals surface area contributed by atoms with Crippen LogP contribution < -0.4 is 15.8 Å². The number of amides is 2. The van der Waals surface area contributed by atoms with Gasteiger partial charge in [-0.2, -0.15) is 0 Å². The van der Waals surface area contributed by atoms with Gasteiger partial charge in [-0.05, 0) is 36.2 Å². The summed E-state index contributed by atoms with van der Waals surface area (Å²) in [7, 11) is -3.67. The molecule has 4 N–H and O–H groups in total. The van der Waals surface area contributed by atoms with Crippen LogP contribution in [0, 0.1) is 5.82 Å². The molecule has 124 valence electrons. The molecule has 1 aromatic carbocycles. The summed E-state index contributed by atoms with van der Waals surface area (Å²) in [5, 5.41) is 10.3. The maximum Gasteiger partial charge on any atom is 0.315 e. The Hall–Kier alpha value is -1.97. The van der Waals surface area contributed by atoms with Crippen LogP contribution in [0.2, 0.25) is 0 Å². The quantitative estimate of drug-likeness (QED) is 0.731. The summed E-state index contributed by atoms with van der Waals surface area (Å²) >= 11 is 1.08. The number of carbonyl (C=O) groups is 1. The Kier molecular flexibility index (Phi) is 5.69. The molecule has 0 unspecified atom stereocenters. The van der Waals surface area contributed by atoms with E-state index in [9.17, 15) is 17.6 Å². The lowest BCUT2D eigenvalue weighted by molar-refractivity contribution is 0.240. The number of carbonyl (C=O) groups excluding carboxylic acids is 1. The van der Waals surface area contributed by atoms with Crippen LogP contribution in [0.15, 0.2) is 40.6 Å². The van der Waals surface area contributed by atoms with Crippen molar-refractivity contribution in [3.05, 3.63) is 52.7 Å². The van der Waals surface area contributed by atoms with Crippen molar-refractivity contribution < 1.29 is 17.6 Å². The Balaban J connectivity index is 1.72. The van der Waals surface area contributed by atoms with Gasteiger partial charge >= 0.3 is 6.03 Å². The molecule has 0 saturated heterocycles. The third-order valence-electron chi connectivity index (χ3n) is 2.94. The average Bonchev–Trinajstić information content (AvgIpc) is 2.96. The van der Waals surface area contributed by atoms with Crippen molar-refractivity contribution in [2.75, 3.05) is 6.54 Å². The molecule has 0 saturated carbocycles. The van der Waals surface area contributed by atoms with Gasteiger partial charge in [-0.25, -0.2) is 22.7 Å². The first-order chi connectivity index (χ1) is 10.8. The monoisotopic (exact) mass is 357 g/mol. The van der Waals surface area contributed by atoms with E-state index in [0.717, 1.165) is 21.8 Å². The molecule has 0 fully saturated rings. The molecule has 1 heterocycles. The molecule has 0 atom stereocenters. The maximum absolute atomic E-state index is 12.7. The number of halogens is 1. The minimum absolute atomic E-state index is 0.105. The zero-order valence-corrected chi connectivity index (χ0v) is 13.7. The molecular formula is C14H16FN3O3S2.